The fourth-order valence-corrected chi connectivity index (χ4v) is 3.96. The molecule has 0 aromatic heterocycles. The van der Waals surface area contributed by atoms with Crippen molar-refractivity contribution in [1.29, 1.82) is 0 Å². The molecular weight excluding hydrogens is 388 g/mol. The Kier molecular flexibility index (Phi) is 6.95. The number of piperazine rings is 1. The second kappa shape index (κ2) is 10.2. The lowest BCUT2D eigenvalue weighted by Crippen LogP contribution is -2.46. The van der Waals surface area contributed by atoms with Gasteiger partial charge < -0.3 is 19.1 Å². The van der Waals surface area contributed by atoms with Crippen LogP contribution < -0.4 is 19.1 Å². The fraction of sp³-hybridized carbons (Fsp3) is 0.308. The maximum absolute atomic E-state index is 5.99. The van der Waals surface area contributed by atoms with Crippen LogP contribution in [-0.4, -0.2) is 45.3 Å². The van der Waals surface area contributed by atoms with Crippen LogP contribution in [0.4, 0.5) is 5.69 Å². The molecule has 1 aliphatic rings. The Morgan fingerprint density at radius 3 is 2.13 bits per heavy atom. The molecule has 4 rings (SSSR count). The lowest BCUT2D eigenvalue weighted by atomic mass is 10.1. The van der Waals surface area contributed by atoms with Crippen molar-refractivity contribution in [1.82, 2.24) is 4.90 Å². The average Bonchev–Trinajstić information content (AvgIpc) is 2.84. The number of ether oxygens (including phenoxy) is 3. The van der Waals surface area contributed by atoms with Gasteiger partial charge in [-0.3, -0.25) is 4.90 Å². The predicted molar refractivity (Wildman–Crippen MR) is 124 cm³/mol. The van der Waals surface area contributed by atoms with Crippen LogP contribution in [0, 0.1) is 0 Å². The number of methoxy groups -OCH3 is 2. The summed E-state index contributed by atoms with van der Waals surface area (Å²) < 4.78 is 17.1. The van der Waals surface area contributed by atoms with Crippen LogP contribution in [0.15, 0.2) is 72.8 Å². The maximum atomic E-state index is 5.99. The molecule has 0 aliphatic carbocycles. The van der Waals surface area contributed by atoms with Crippen LogP contribution in [0.5, 0.6) is 17.2 Å². The molecule has 0 bridgehead atoms. The zero-order valence-corrected chi connectivity index (χ0v) is 18.3. The van der Waals surface area contributed by atoms with Gasteiger partial charge >= 0.3 is 0 Å². The third kappa shape index (κ3) is 5.30. The molecule has 5 nitrogen and oxygen atoms in total. The second-order valence-corrected chi connectivity index (χ2v) is 7.69. The molecule has 0 radical (unpaired) electrons. The van der Waals surface area contributed by atoms with E-state index < -0.39 is 0 Å². The monoisotopic (exact) mass is 418 g/mol. The van der Waals surface area contributed by atoms with Crippen LogP contribution in [0.3, 0.4) is 0 Å². The number of benzene rings is 3. The topological polar surface area (TPSA) is 34.2 Å². The molecule has 1 heterocycles. The summed E-state index contributed by atoms with van der Waals surface area (Å²) >= 11 is 0. The summed E-state index contributed by atoms with van der Waals surface area (Å²) in [5, 5.41) is 0. The third-order valence-corrected chi connectivity index (χ3v) is 5.67. The summed E-state index contributed by atoms with van der Waals surface area (Å²) in [5.41, 5.74) is 3.54. The number of hydrogen-bond acceptors (Lipinski definition) is 5. The first kappa shape index (κ1) is 21.1. The highest BCUT2D eigenvalue weighted by atomic mass is 16.5. The van der Waals surface area contributed by atoms with Crippen LogP contribution in [0.2, 0.25) is 0 Å². The first-order valence-electron chi connectivity index (χ1n) is 10.7. The highest BCUT2D eigenvalue weighted by molar-refractivity contribution is 5.58. The Hall–Kier alpha value is -3.18. The molecule has 0 atom stereocenters. The van der Waals surface area contributed by atoms with E-state index in [1.165, 1.54) is 11.3 Å². The number of nitrogens with zero attached hydrogens (tertiary/aromatic N) is 2. The zero-order chi connectivity index (χ0) is 21.5. The molecule has 1 saturated heterocycles. The minimum Gasteiger partial charge on any atom is -0.495 e. The molecule has 0 spiro atoms. The van der Waals surface area contributed by atoms with E-state index in [1.807, 2.05) is 36.4 Å². The highest BCUT2D eigenvalue weighted by Crippen LogP contribution is 2.31. The summed E-state index contributed by atoms with van der Waals surface area (Å²) in [5.74, 6) is 2.49. The molecule has 5 heteroatoms. The zero-order valence-electron chi connectivity index (χ0n) is 18.3. The molecule has 3 aromatic carbocycles. The molecule has 162 valence electrons. The van der Waals surface area contributed by atoms with Crippen molar-refractivity contribution in [2.75, 3.05) is 45.3 Å². The van der Waals surface area contributed by atoms with E-state index in [4.69, 9.17) is 14.2 Å². The lowest BCUT2D eigenvalue weighted by molar-refractivity contribution is 0.248. The van der Waals surface area contributed by atoms with Crippen molar-refractivity contribution in [2.24, 2.45) is 0 Å². The fourth-order valence-electron chi connectivity index (χ4n) is 3.96. The summed E-state index contributed by atoms with van der Waals surface area (Å²) in [6.07, 6.45) is 0. The Balaban J connectivity index is 1.34. The second-order valence-electron chi connectivity index (χ2n) is 7.69. The molecule has 0 amide bonds. The minimum atomic E-state index is 0.529. The molecule has 0 unspecified atom stereocenters. The third-order valence-electron chi connectivity index (χ3n) is 5.67. The van der Waals surface area contributed by atoms with Crippen molar-refractivity contribution in [2.45, 2.75) is 13.2 Å². The van der Waals surface area contributed by atoms with E-state index in [0.29, 0.717) is 6.61 Å². The SMILES string of the molecule is COc1cc(CN2CCN(c3ccccc3OC)CC2)ccc1OCc1ccccc1. The quantitative estimate of drug-likeness (QED) is 0.534. The molecule has 1 fully saturated rings. The lowest BCUT2D eigenvalue weighted by Gasteiger charge is -2.36. The summed E-state index contributed by atoms with van der Waals surface area (Å²) in [4.78, 5) is 4.88. The molecule has 0 saturated carbocycles. The Labute approximate surface area is 184 Å². The average molecular weight is 419 g/mol. The van der Waals surface area contributed by atoms with E-state index in [9.17, 15) is 0 Å². The minimum absolute atomic E-state index is 0.529. The Morgan fingerprint density at radius 1 is 0.677 bits per heavy atom. The van der Waals surface area contributed by atoms with Crippen molar-refractivity contribution in [3.8, 4) is 17.2 Å². The van der Waals surface area contributed by atoms with Crippen LogP contribution in [0.25, 0.3) is 0 Å². The Bertz CT molecular complexity index is 969. The van der Waals surface area contributed by atoms with E-state index in [-0.39, 0.29) is 0 Å². The van der Waals surface area contributed by atoms with E-state index in [2.05, 4.69) is 46.2 Å². The van der Waals surface area contributed by atoms with Gasteiger partial charge in [0, 0.05) is 32.7 Å². The van der Waals surface area contributed by atoms with E-state index in [1.54, 1.807) is 14.2 Å². The summed E-state index contributed by atoms with van der Waals surface area (Å²) in [6, 6.07) is 24.6. The maximum Gasteiger partial charge on any atom is 0.161 e. The van der Waals surface area contributed by atoms with Gasteiger partial charge in [-0.25, -0.2) is 0 Å². The van der Waals surface area contributed by atoms with Crippen molar-refractivity contribution in [3.05, 3.63) is 83.9 Å². The van der Waals surface area contributed by atoms with Crippen molar-refractivity contribution >= 4 is 5.69 Å². The van der Waals surface area contributed by atoms with Gasteiger partial charge in [0.1, 0.15) is 12.4 Å². The van der Waals surface area contributed by atoms with Gasteiger partial charge in [0.15, 0.2) is 11.5 Å². The number of rotatable bonds is 8. The molecule has 31 heavy (non-hydrogen) atoms. The van der Waals surface area contributed by atoms with Gasteiger partial charge in [0.05, 0.1) is 19.9 Å². The standard InChI is InChI=1S/C26H30N2O3/c1-29-24-11-7-6-10-23(24)28-16-14-27(15-17-28)19-22-12-13-25(26(18-22)30-2)31-20-21-8-4-3-5-9-21/h3-13,18H,14-17,19-20H2,1-2H3. The van der Waals surface area contributed by atoms with Crippen molar-refractivity contribution in [3.63, 3.8) is 0 Å². The highest BCUT2D eigenvalue weighted by Gasteiger charge is 2.20. The smallest absolute Gasteiger partial charge is 0.161 e. The molecule has 0 N–H and O–H groups in total. The van der Waals surface area contributed by atoms with Gasteiger partial charge in [0.25, 0.3) is 0 Å². The van der Waals surface area contributed by atoms with Gasteiger partial charge in [-0.1, -0.05) is 48.5 Å². The Morgan fingerprint density at radius 2 is 1.39 bits per heavy atom. The van der Waals surface area contributed by atoms with Gasteiger partial charge in [-0.05, 0) is 35.4 Å². The van der Waals surface area contributed by atoms with E-state index >= 15 is 0 Å². The van der Waals surface area contributed by atoms with Gasteiger partial charge in [-0.2, -0.15) is 0 Å². The number of para-hydroxylation sites is 2. The van der Waals surface area contributed by atoms with E-state index in [0.717, 1.165) is 55.5 Å². The molecular formula is C26H30N2O3. The predicted octanol–water partition coefficient (Wildman–Crippen LogP) is 4.61. The summed E-state index contributed by atoms with van der Waals surface area (Å²) in [6.45, 7) is 5.40. The van der Waals surface area contributed by atoms with Gasteiger partial charge in [0.2, 0.25) is 0 Å². The van der Waals surface area contributed by atoms with Crippen LogP contribution >= 0.6 is 0 Å². The first-order valence-corrected chi connectivity index (χ1v) is 10.7. The largest absolute Gasteiger partial charge is 0.495 e. The molecule has 3 aromatic rings. The summed E-state index contributed by atoms with van der Waals surface area (Å²) in [7, 11) is 3.43. The van der Waals surface area contributed by atoms with Crippen LogP contribution in [0.1, 0.15) is 11.1 Å². The van der Waals surface area contributed by atoms with Crippen LogP contribution in [-0.2, 0) is 13.2 Å². The molecule has 1 aliphatic heterocycles. The number of anilines is 1. The van der Waals surface area contributed by atoms with Gasteiger partial charge in [-0.15, -0.1) is 0 Å². The van der Waals surface area contributed by atoms with Crippen molar-refractivity contribution < 1.29 is 14.2 Å². The first-order chi connectivity index (χ1) is 15.3. The normalized spacial score (nSPS) is 14.3. The number of hydrogen-bond donors (Lipinski definition) is 0.